The molecule has 0 amide bonds. The zero-order valence-corrected chi connectivity index (χ0v) is 10.2. The van der Waals surface area contributed by atoms with E-state index < -0.39 is 5.66 Å². The molecule has 0 atom stereocenters. The second-order valence-corrected chi connectivity index (χ2v) is 2.70. The van der Waals surface area contributed by atoms with E-state index in [0.29, 0.717) is 6.42 Å². The summed E-state index contributed by atoms with van der Waals surface area (Å²) in [7, 11) is 0. The van der Waals surface area contributed by atoms with Gasteiger partial charge in [-0.2, -0.15) is 9.98 Å². The van der Waals surface area contributed by atoms with Crippen molar-refractivity contribution in [2.45, 2.75) is 19.0 Å². The van der Waals surface area contributed by atoms with Gasteiger partial charge < -0.3 is 1.43 Å². The van der Waals surface area contributed by atoms with E-state index in [2.05, 4.69) is 9.98 Å². The van der Waals surface area contributed by atoms with Crippen LogP contribution in [-0.2, 0) is 9.59 Å². The number of allylic oxidation sites excluding steroid dienone is 2. The second kappa shape index (κ2) is 5.86. The molecular formula is C9H9N2NaO2. The summed E-state index contributed by atoms with van der Waals surface area (Å²) in [4.78, 5) is 27.4. The molecule has 0 aliphatic heterocycles. The normalized spacial score (nSPS) is 23.6. The van der Waals surface area contributed by atoms with Crippen molar-refractivity contribution in [3.8, 4) is 0 Å². The van der Waals surface area contributed by atoms with E-state index >= 15 is 0 Å². The van der Waals surface area contributed by atoms with E-state index in [9.17, 15) is 9.59 Å². The molecule has 0 heterocycles. The Labute approximate surface area is 105 Å². The maximum atomic E-state index is 10.2. The van der Waals surface area contributed by atoms with Crippen LogP contribution in [0.2, 0.25) is 0 Å². The SMILES string of the molecule is CC1=CC=CCC1(N=C=O)N=C=O.[H-].[Na+]. The van der Waals surface area contributed by atoms with Crippen molar-refractivity contribution in [1.29, 1.82) is 0 Å². The minimum absolute atomic E-state index is 0. The van der Waals surface area contributed by atoms with Crippen LogP contribution in [0.15, 0.2) is 33.8 Å². The topological polar surface area (TPSA) is 58.9 Å². The molecule has 0 aromatic rings. The van der Waals surface area contributed by atoms with Gasteiger partial charge in [-0.1, -0.05) is 18.2 Å². The fourth-order valence-corrected chi connectivity index (χ4v) is 1.18. The van der Waals surface area contributed by atoms with E-state index in [1.807, 2.05) is 6.08 Å². The molecule has 5 heteroatoms. The zero-order chi connectivity index (χ0) is 9.73. The molecule has 1 aliphatic rings. The van der Waals surface area contributed by atoms with E-state index in [1.165, 1.54) is 12.2 Å². The third-order valence-corrected chi connectivity index (χ3v) is 1.98. The first-order valence-electron chi connectivity index (χ1n) is 3.77. The fourth-order valence-electron chi connectivity index (χ4n) is 1.18. The van der Waals surface area contributed by atoms with Gasteiger partial charge in [-0.3, -0.25) is 0 Å². The Morgan fingerprint density at radius 3 is 2.43 bits per heavy atom. The average molecular weight is 200 g/mol. The van der Waals surface area contributed by atoms with Gasteiger partial charge in [0.1, 0.15) is 0 Å². The Balaban J connectivity index is 0. The molecule has 0 spiro atoms. The number of aliphatic imine (C=N–C) groups is 2. The summed E-state index contributed by atoms with van der Waals surface area (Å²) >= 11 is 0. The van der Waals surface area contributed by atoms with Crippen LogP contribution in [0.1, 0.15) is 14.8 Å². The molecule has 1 aliphatic carbocycles. The molecular weight excluding hydrogens is 191 g/mol. The molecule has 1 rings (SSSR count). The van der Waals surface area contributed by atoms with Gasteiger partial charge in [0.2, 0.25) is 12.2 Å². The second-order valence-electron chi connectivity index (χ2n) is 2.70. The van der Waals surface area contributed by atoms with Crippen molar-refractivity contribution >= 4 is 12.2 Å². The van der Waals surface area contributed by atoms with Crippen molar-refractivity contribution in [1.82, 2.24) is 0 Å². The van der Waals surface area contributed by atoms with Crippen LogP contribution >= 0.6 is 0 Å². The molecule has 0 radical (unpaired) electrons. The minimum atomic E-state index is -1.09. The predicted molar refractivity (Wildman–Crippen MR) is 47.6 cm³/mol. The summed E-state index contributed by atoms with van der Waals surface area (Å²) in [5, 5.41) is 0. The quantitative estimate of drug-likeness (QED) is 0.305. The first-order valence-corrected chi connectivity index (χ1v) is 3.77. The average Bonchev–Trinajstić information content (AvgIpc) is 2.11. The number of carbonyl (C=O) groups excluding carboxylic acids is 2. The van der Waals surface area contributed by atoms with Crippen LogP contribution in [0.25, 0.3) is 0 Å². The smallest absolute Gasteiger partial charge is 1.00 e. The molecule has 68 valence electrons. The number of rotatable bonds is 2. The summed E-state index contributed by atoms with van der Waals surface area (Å²) in [5.74, 6) is 0. The van der Waals surface area contributed by atoms with Crippen molar-refractivity contribution in [2.75, 3.05) is 0 Å². The van der Waals surface area contributed by atoms with Crippen LogP contribution < -0.4 is 29.6 Å². The van der Waals surface area contributed by atoms with Crippen LogP contribution in [0, 0.1) is 0 Å². The van der Waals surface area contributed by atoms with Gasteiger partial charge in [0.25, 0.3) is 0 Å². The van der Waals surface area contributed by atoms with E-state index in [4.69, 9.17) is 0 Å². The predicted octanol–water partition coefficient (Wildman–Crippen LogP) is -1.62. The fraction of sp³-hybridized carbons (Fsp3) is 0.333. The van der Waals surface area contributed by atoms with Gasteiger partial charge in [-0.25, -0.2) is 9.59 Å². The van der Waals surface area contributed by atoms with Crippen molar-refractivity contribution in [2.24, 2.45) is 9.98 Å². The first-order chi connectivity index (χ1) is 6.25. The van der Waals surface area contributed by atoms with Gasteiger partial charge in [0.05, 0.1) is 0 Å². The van der Waals surface area contributed by atoms with Crippen LogP contribution in [0.5, 0.6) is 0 Å². The number of isocyanates is 2. The van der Waals surface area contributed by atoms with Crippen LogP contribution in [-0.4, -0.2) is 17.8 Å². The summed E-state index contributed by atoms with van der Waals surface area (Å²) < 4.78 is 0. The summed E-state index contributed by atoms with van der Waals surface area (Å²) in [6.45, 7) is 1.76. The molecule has 0 unspecified atom stereocenters. The van der Waals surface area contributed by atoms with Gasteiger partial charge in [0.15, 0.2) is 5.66 Å². The number of hydrogen-bond donors (Lipinski definition) is 0. The molecule has 0 aromatic carbocycles. The van der Waals surface area contributed by atoms with Crippen LogP contribution in [0.3, 0.4) is 0 Å². The van der Waals surface area contributed by atoms with Gasteiger partial charge in [0, 0.05) is 6.42 Å². The largest absolute Gasteiger partial charge is 1.00 e. The number of nitrogens with zero attached hydrogens (tertiary/aromatic N) is 2. The van der Waals surface area contributed by atoms with Crippen LogP contribution in [0.4, 0.5) is 0 Å². The maximum absolute atomic E-state index is 10.2. The van der Waals surface area contributed by atoms with E-state index in [0.717, 1.165) is 5.57 Å². The third-order valence-electron chi connectivity index (χ3n) is 1.98. The summed E-state index contributed by atoms with van der Waals surface area (Å²) in [6, 6.07) is 0. The summed E-state index contributed by atoms with van der Waals surface area (Å²) in [6.07, 6.45) is 8.61. The monoisotopic (exact) mass is 200 g/mol. The molecule has 14 heavy (non-hydrogen) atoms. The molecule has 0 fully saturated rings. The molecule has 4 nitrogen and oxygen atoms in total. The molecule has 0 N–H and O–H groups in total. The molecule has 0 bridgehead atoms. The van der Waals surface area contributed by atoms with Gasteiger partial charge in [-0.15, -0.1) is 0 Å². The molecule has 0 saturated carbocycles. The third kappa shape index (κ3) is 2.61. The number of hydrogen-bond acceptors (Lipinski definition) is 4. The van der Waals surface area contributed by atoms with E-state index in [-0.39, 0.29) is 31.0 Å². The van der Waals surface area contributed by atoms with Crippen molar-refractivity contribution < 1.29 is 40.6 Å². The van der Waals surface area contributed by atoms with Crippen molar-refractivity contribution in [3.63, 3.8) is 0 Å². The molecule has 0 saturated heterocycles. The first kappa shape index (κ1) is 13.2. The van der Waals surface area contributed by atoms with Gasteiger partial charge >= 0.3 is 29.6 Å². The van der Waals surface area contributed by atoms with E-state index in [1.54, 1.807) is 19.1 Å². The summed E-state index contributed by atoms with van der Waals surface area (Å²) in [5.41, 5.74) is -0.347. The Morgan fingerprint density at radius 1 is 1.43 bits per heavy atom. The Morgan fingerprint density at radius 2 is 2.00 bits per heavy atom. The minimum Gasteiger partial charge on any atom is -1.00 e. The zero-order valence-electron chi connectivity index (χ0n) is 9.15. The molecule has 0 aromatic heterocycles. The van der Waals surface area contributed by atoms with Crippen molar-refractivity contribution in [3.05, 3.63) is 23.8 Å². The standard InChI is InChI=1S/C9H8N2O2.Na.H/c1-8-4-2-3-5-9(8,10-6-12)11-7-13;;/h2-4H,5H2,1H3;;/q;+1;-1. The Kier molecular flexibility index (Phi) is 5.55. The van der Waals surface area contributed by atoms with Gasteiger partial charge in [-0.05, 0) is 12.5 Å². The Hall–Kier alpha value is -0.760. The maximum Gasteiger partial charge on any atom is 1.00 e. The Bertz CT molecular complexity index is 348.